The molecule has 0 bridgehead atoms. The molecule has 0 aromatic carbocycles. The second-order valence-corrected chi connectivity index (χ2v) is 6.79. The second kappa shape index (κ2) is 6.44. The van der Waals surface area contributed by atoms with Crippen molar-refractivity contribution in [3.63, 3.8) is 0 Å². The molecule has 1 atom stereocenters. The zero-order valence-electron chi connectivity index (χ0n) is 13.3. The summed E-state index contributed by atoms with van der Waals surface area (Å²) < 4.78 is 5.20. The topological polar surface area (TPSA) is 41.6 Å². The maximum Gasteiger partial charge on any atom is 0.327 e. The largest absolute Gasteiger partial charge is 0.465 e. The number of hydrogen-bond acceptors (Lipinski definition) is 4. The number of rotatable bonds is 5. The fraction of sp³-hybridized carbons (Fsp3) is 0.938. The minimum atomic E-state index is -0.587. The third-order valence-corrected chi connectivity index (χ3v) is 5.40. The summed E-state index contributed by atoms with van der Waals surface area (Å²) in [4.78, 5) is 14.5. The Bertz CT molecular complexity index is 329. The molecule has 1 unspecified atom stereocenters. The number of ether oxygens (including phenoxy) is 1. The highest BCUT2D eigenvalue weighted by molar-refractivity contribution is 5.80. The Labute approximate surface area is 123 Å². The quantitative estimate of drug-likeness (QED) is 0.785. The van der Waals surface area contributed by atoms with Crippen LogP contribution in [0.25, 0.3) is 0 Å². The molecule has 116 valence electrons. The van der Waals surface area contributed by atoms with Crippen LogP contribution in [-0.2, 0) is 9.53 Å². The van der Waals surface area contributed by atoms with E-state index in [-0.39, 0.29) is 5.97 Å². The van der Waals surface area contributed by atoms with E-state index < -0.39 is 5.54 Å². The predicted octanol–water partition coefficient (Wildman–Crippen LogP) is 2.18. The molecule has 0 aromatic rings. The highest BCUT2D eigenvalue weighted by Crippen LogP contribution is 2.46. The van der Waals surface area contributed by atoms with E-state index in [0.717, 1.165) is 19.6 Å². The van der Waals surface area contributed by atoms with Gasteiger partial charge in [0.05, 0.1) is 6.61 Å². The number of nitrogens with one attached hydrogen (secondary N) is 1. The molecule has 2 rings (SSSR count). The number of piperidine rings is 1. The van der Waals surface area contributed by atoms with E-state index >= 15 is 0 Å². The average Bonchev–Trinajstić information content (AvgIpc) is 2.90. The van der Waals surface area contributed by atoms with Crippen LogP contribution in [0.15, 0.2) is 0 Å². The van der Waals surface area contributed by atoms with Crippen LogP contribution >= 0.6 is 0 Å². The molecule has 0 radical (unpaired) electrons. The molecule has 4 heteroatoms. The molecule has 20 heavy (non-hydrogen) atoms. The van der Waals surface area contributed by atoms with Crippen molar-refractivity contribution in [2.45, 2.75) is 57.9 Å². The van der Waals surface area contributed by atoms with E-state index in [4.69, 9.17) is 4.74 Å². The van der Waals surface area contributed by atoms with Crippen molar-refractivity contribution in [1.29, 1.82) is 0 Å². The van der Waals surface area contributed by atoms with Gasteiger partial charge in [0.15, 0.2) is 0 Å². The van der Waals surface area contributed by atoms with Crippen LogP contribution in [0.1, 0.15) is 52.4 Å². The number of hydrogen-bond donors (Lipinski definition) is 1. The van der Waals surface area contributed by atoms with Gasteiger partial charge in [-0.3, -0.25) is 4.79 Å². The maximum atomic E-state index is 12.1. The molecule has 1 aliphatic heterocycles. The van der Waals surface area contributed by atoms with Crippen molar-refractivity contribution in [2.75, 3.05) is 33.3 Å². The van der Waals surface area contributed by atoms with Crippen LogP contribution in [0.5, 0.6) is 0 Å². The number of carbonyl (C=O) groups excluding carboxylic acids is 1. The van der Waals surface area contributed by atoms with E-state index in [1.54, 1.807) is 0 Å². The molecule has 1 aliphatic carbocycles. The Hall–Kier alpha value is -0.610. The third kappa shape index (κ3) is 3.34. The fourth-order valence-corrected chi connectivity index (χ4v) is 3.79. The first-order valence-electron chi connectivity index (χ1n) is 8.12. The molecule has 1 saturated heterocycles. The first-order valence-corrected chi connectivity index (χ1v) is 8.12. The molecule has 1 saturated carbocycles. The van der Waals surface area contributed by atoms with E-state index in [1.165, 1.54) is 38.5 Å². The average molecular weight is 282 g/mol. The molecule has 0 aromatic heterocycles. The highest BCUT2D eigenvalue weighted by atomic mass is 16.5. The fourth-order valence-electron chi connectivity index (χ4n) is 3.79. The smallest absolute Gasteiger partial charge is 0.327 e. The van der Waals surface area contributed by atoms with Gasteiger partial charge in [0.2, 0.25) is 0 Å². The van der Waals surface area contributed by atoms with Crippen molar-refractivity contribution >= 4 is 5.97 Å². The summed E-state index contributed by atoms with van der Waals surface area (Å²) in [6, 6.07) is 0. The molecule has 0 amide bonds. The standard InChI is InChI=1S/C16H30N2O2/c1-4-20-14(19)15(2,17-3)13-18-11-9-16(10-12-18)7-5-6-8-16/h17H,4-13H2,1-3H3. The lowest BCUT2D eigenvalue weighted by Gasteiger charge is -2.42. The second-order valence-electron chi connectivity index (χ2n) is 6.79. The van der Waals surface area contributed by atoms with Crippen LogP contribution < -0.4 is 5.32 Å². The van der Waals surface area contributed by atoms with Gasteiger partial charge in [-0.2, -0.15) is 0 Å². The van der Waals surface area contributed by atoms with E-state index in [2.05, 4.69) is 10.2 Å². The van der Waals surface area contributed by atoms with Crippen LogP contribution in [0.3, 0.4) is 0 Å². The molecular formula is C16H30N2O2. The highest BCUT2D eigenvalue weighted by Gasteiger charge is 2.40. The summed E-state index contributed by atoms with van der Waals surface area (Å²) in [5.41, 5.74) is 0.0483. The maximum absolute atomic E-state index is 12.1. The molecule has 1 spiro atoms. The summed E-state index contributed by atoms with van der Waals surface area (Å²) in [6.45, 7) is 7.24. The van der Waals surface area contributed by atoms with Gasteiger partial charge in [-0.05, 0) is 65.1 Å². The monoisotopic (exact) mass is 282 g/mol. The number of likely N-dealkylation sites (tertiary alicyclic amines) is 1. The zero-order valence-corrected chi connectivity index (χ0v) is 13.3. The number of likely N-dealkylation sites (N-methyl/N-ethyl adjacent to an activating group) is 1. The van der Waals surface area contributed by atoms with Crippen molar-refractivity contribution in [2.24, 2.45) is 5.41 Å². The lowest BCUT2D eigenvalue weighted by atomic mass is 9.77. The van der Waals surface area contributed by atoms with E-state index in [1.807, 2.05) is 20.9 Å². The Morgan fingerprint density at radius 1 is 1.25 bits per heavy atom. The summed E-state index contributed by atoms with van der Waals surface area (Å²) in [5.74, 6) is -0.136. The van der Waals surface area contributed by atoms with E-state index in [9.17, 15) is 4.79 Å². The van der Waals surface area contributed by atoms with Crippen molar-refractivity contribution < 1.29 is 9.53 Å². The Balaban J connectivity index is 1.88. The summed E-state index contributed by atoms with van der Waals surface area (Å²) >= 11 is 0. The summed E-state index contributed by atoms with van der Waals surface area (Å²) in [5, 5.41) is 3.16. The van der Waals surface area contributed by atoms with Crippen molar-refractivity contribution in [3.05, 3.63) is 0 Å². The van der Waals surface area contributed by atoms with Crippen LogP contribution in [-0.4, -0.2) is 49.7 Å². The van der Waals surface area contributed by atoms with Crippen molar-refractivity contribution in [1.82, 2.24) is 10.2 Å². The van der Waals surface area contributed by atoms with Gasteiger partial charge in [-0.1, -0.05) is 12.8 Å². The van der Waals surface area contributed by atoms with Gasteiger partial charge in [0.1, 0.15) is 5.54 Å². The summed E-state index contributed by atoms with van der Waals surface area (Å²) in [7, 11) is 1.85. The lowest BCUT2D eigenvalue weighted by Crippen LogP contribution is -2.57. The van der Waals surface area contributed by atoms with Crippen LogP contribution in [0, 0.1) is 5.41 Å². The number of esters is 1. The molecule has 1 N–H and O–H groups in total. The number of carbonyl (C=O) groups is 1. The third-order valence-electron chi connectivity index (χ3n) is 5.40. The van der Waals surface area contributed by atoms with E-state index in [0.29, 0.717) is 12.0 Å². The molecule has 2 aliphatic rings. The van der Waals surface area contributed by atoms with Gasteiger partial charge in [0.25, 0.3) is 0 Å². The Kier molecular flexibility index (Phi) is 5.08. The predicted molar refractivity (Wildman–Crippen MR) is 80.7 cm³/mol. The minimum Gasteiger partial charge on any atom is -0.465 e. The SMILES string of the molecule is CCOC(=O)C(C)(CN1CCC2(CCCC2)CC1)NC. The van der Waals surface area contributed by atoms with Crippen LogP contribution in [0.2, 0.25) is 0 Å². The normalized spacial score (nSPS) is 25.6. The zero-order chi connectivity index (χ0) is 14.6. The van der Waals surface area contributed by atoms with Gasteiger partial charge in [-0.15, -0.1) is 0 Å². The van der Waals surface area contributed by atoms with Crippen LogP contribution in [0.4, 0.5) is 0 Å². The Morgan fingerprint density at radius 3 is 2.35 bits per heavy atom. The molecule has 2 fully saturated rings. The van der Waals surface area contributed by atoms with Gasteiger partial charge in [0, 0.05) is 6.54 Å². The first-order chi connectivity index (χ1) is 9.53. The van der Waals surface area contributed by atoms with Crippen molar-refractivity contribution in [3.8, 4) is 0 Å². The van der Waals surface area contributed by atoms with Gasteiger partial charge in [-0.25, -0.2) is 0 Å². The Morgan fingerprint density at radius 2 is 1.85 bits per heavy atom. The summed E-state index contributed by atoms with van der Waals surface area (Å²) in [6.07, 6.45) is 8.27. The van der Waals surface area contributed by atoms with Gasteiger partial charge < -0.3 is 15.0 Å². The molecule has 4 nitrogen and oxygen atoms in total. The minimum absolute atomic E-state index is 0.136. The molecular weight excluding hydrogens is 252 g/mol. The lowest BCUT2D eigenvalue weighted by molar-refractivity contribution is -0.151. The molecule has 1 heterocycles. The number of nitrogens with zero attached hydrogens (tertiary/aromatic N) is 1. The first kappa shape index (κ1) is 15.8. The van der Waals surface area contributed by atoms with Gasteiger partial charge >= 0.3 is 5.97 Å².